The maximum Gasteiger partial charge on any atom is 0.262 e. The number of methoxy groups -OCH3 is 2. The van der Waals surface area contributed by atoms with Crippen molar-refractivity contribution in [1.29, 1.82) is 0 Å². The molecule has 2 aromatic rings. The van der Waals surface area contributed by atoms with Crippen molar-refractivity contribution in [3.8, 4) is 11.5 Å². The fraction of sp³-hybridized carbons (Fsp3) is 0.200. The van der Waals surface area contributed by atoms with Crippen molar-refractivity contribution < 1.29 is 17.9 Å². The molecule has 0 heterocycles. The van der Waals surface area contributed by atoms with Crippen molar-refractivity contribution in [3.63, 3.8) is 0 Å². The SMILES string of the molecule is COc1ccc(OC)c(NS(=O)(=O)c2ccc(CCl)cc2)c1.N. The molecule has 4 N–H and O–H groups in total. The van der Waals surface area contributed by atoms with Gasteiger partial charge >= 0.3 is 0 Å². The second-order valence-corrected chi connectivity index (χ2v) is 6.40. The molecule has 2 aromatic carbocycles. The first kappa shape index (κ1) is 19.1. The Hall–Kier alpha value is -1.96. The van der Waals surface area contributed by atoms with E-state index in [0.717, 1.165) is 5.56 Å². The highest BCUT2D eigenvalue weighted by Crippen LogP contribution is 2.30. The highest BCUT2D eigenvalue weighted by Gasteiger charge is 2.17. The van der Waals surface area contributed by atoms with Crippen LogP contribution in [-0.4, -0.2) is 22.6 Å². The summed E-state index contributed by atoms with van der Waals surface area (Å²) in [5, 5.41) is 0. The molecule has 0 radical (unpaired) electrons. The summed E-state index contributed by atoms with van der Waals surface area (Å²) in [7, 11) is -0.752. The van der Waals surface area contributed by atoms with Gasteiger partial charge in [-0.15, -0.1) is 11.6 Å². The van der Waals surface area contributed by atoms with E-state index in [0.29, 0.717) is 23.1 Å². The van der Waals surface area contributed by atoms with Gasteiger partial charge in [0.15, 0.2) is 0 Å². The molecule has 0 aliphatic carbocycles. The lowest BCUT2D eigenvalue weighted by Crippen LogP contribution is -2.13. The molecule has 0 saturated carbocycles. The van der Waals surface area contributed by atoms with Crippen LogP contribution in [0.15, 0.2) is 47.4 Å². The van der Waals surface area contributed by atoms with E-state index in [9.17, 15) is 8.42 Å². The molecule has 2 rings (SSSR count). The summed E-state index contributed by atoms with van der Waals surface area (Å²) >= 11 is 5.70. The standard InChI is InChI=1S/C15H16ClNO4S.H3N/c1-20-12-5-8-15(21-2)14(9-12)17-22(18,19)13-6-3-11(10-16)4-7-13;/h3-9,17H,10H2,1-2H3;1H3. The van der Waals surface area contributed by atoms with Gasteiger partial charge in [0.05, 0.1) is 24.8 Å². The molecule has 0 fully saturated rings. The highest BCUT2D eigenvalue weighted by atomic mass is 35.5. The minimum absolute atomic E-state index is 0. The Labute approximate surface area is 141 Å². The zero-order valence-corrected chi connectivity index (χ0v) is 14.4. The summed E-state index contributed by atoms with van der Waals surface area (Å²) in [6.07, 6.45) is 0. The van der Waals surface area contributed by atoms with Crippen LogP contribution in [0.5, 0.6) is 11.5 Å². The van der Waals surface area contributed by atoms with Gasteiger partial charge in [0, 0.05) is 11.9 Å². The first-order chi connectivity index (χ1) is 10.5. The van der Waals surface area contributed by atoms with Gasteiger partial charge in [0.1, 0.15) is 11.5 Å². The molecule has 0 aliphatic rings. The largest absolute Gasteiger partial charge is 0.497 e. The first-order valence-electron chi connectivity index (χ1n) is 6.40. The van der Waals surface area contributed by atoms with Crippen molar-refractivity contribution in [2.75, 3.05) is 18.9 Å². The van der Waals surface area contributed by atoms with Gasteiger partial charge in [0.25, 0.3) is 10.0 Å². The van der Waals surface area contributed by atoms with Crippen LogP contribution in [0.2, 0.25) is 0 Å². The second-order valence-electron chi connectivity index (χ2n) is 4.45. The van der Waals surface area contributed by atoms with E-state index >= 15 is 0 Å². The van der Waals surface area contributed by atoms with E-state index in [1.54, 1.807) is 30.3 Å². The zero-order chi connectivity index (χ0) is 16.2. The maximum atomic E-state index is 12.4. The van der Waals surface area contributed by atoms with Crippen LogP contribution >= 0.6 is 11.6 Å². The molecule has 126 valence electrons. The quantitative estimate of drug-likeness (QED) is 0.771. The van der Waals surface area contributed by atoms with Crippen molar-refractivity contribution in [1.82, 2.24) is 6.15 Å². The Kier molecular flexibility index (Phi) is 6.68. The number of hydrogen-bond acceptors (Lipinski definition) is 5. The summed E-state index contributed by atoms with van der Waals surface area (Å²) < 4.78 is 37.6. The summed E-state index contributed by atoms with van der Waals surface area (Å²) in [4.78, 5) is 0.145. The van der Waals surface area contributed by atoms with Gasteiger partial charge < -0.3 is 15.6 Å². The van der Waals surface area contributed by atoms with Crippen molar-refractivity contribution in [2.24, 2.45) is 0 Å². The molecular weight excluding hydrogens is 340 g/mol. The topological polar surface area (TPSA) is 99.6 Å². The predicted molar refractivity (Wildman–Crippen MR) is 91.4 cm³/mol. The fourth-order valence-electron chi connectivity index (χ4n) is 1.86. The van der Waals surface area contributed by atoms with E-state index < -0.39 is 10.0 Å². The number of hydrogen-bond donors (Lipinski definition) is 2. The lowest BCUT2D eigenvalue weighted by atomic mass is 10.2. The van der Waals surface area contributed by atoms with Gasteiger partial charge in [-0.2, -0.15) is 0 Å². The lowest BCUT2D eigenvalue weighted by Gasteiger charge is -2.13. The molecule has 6 nitrogen and oxygen atoms in total. The van der Waals surface area contributed by atoms with Gasteiger partial charge in [-0.1, -0.05) is 12.1 Å². The second kappa shape index (κ2) is 8.05. The molecule has 0 amide bonds. The van der Waals surface area contributed by atoms with Crippen molar-refractivity contribution in [3.05, 3.63) is 48.0 Å². The van der Waals surface area contributed by atoms with E-state index in [1.165, 1.54) is 26.4 Å². The molecule has 8 heteroatoms. The van der Waals surface area contributed by atoms with Crippen molar-refractivity contribution in [2.45, 2.75) is 10.8 Å². The minimum atomic E-state index is -3.72. The van der Waals surface area contributed by atoms with E-state index in [2.05, 4.69) is 4.72 Å². The number of alkyl halides is 1. The van der Waals surface area contributed by atoms with Crippen LogP contribution in [0.25, 0.3) is 0 Å². The maximum absolute atomic E-state index is 12.4. The summed E-state index contributed by atoms with van der Waals surface area (Å²) in [6.45, 7) is 0. The van der Waals surface area contributed by atoms with E-state index in [4.69, 9.17) is 21.1 Å². The molecule has 0 spiro atoms. The Bertz CT molecular complexity index is 749. The lowest BCUT2D eigenvalue weighted by molar-refractivity contribution is 0.405. The predicted octanol–water partition coefficient (Wildman–Crippen LogP) is 3.41. The van der Waals surface area contributed by atoms with Crippen LogP contribution in [0.4, 0.5) is 5.69 Å². The molecule has 0 saturated heterocycles. The van der Waals surface area contributed by atoms with Gasteiger partial charge in [-0.25, -0.2) is 8.42 Å². The van der Waals surface area contributed by atoms with Crippen LogP contribution in [0.3, 0.4) is 0 Å². The van der Waals surface area contributed by atoms with E-state index in [-0.39, 0.29) is 11.0 Å². The molecule has 0 aliphatic heterocycles. The smallest absolute Gasteiger partial charge is 0.262 e. The molecule has 0 aromatic heterocycles. The number of anilines is 1. The van der Waals surface area contributed by atoms with Gasteiger partial charge in [-0.05, 0) is 29.8 Å². The molecule has 0 unspecified atom stereocenters. The van der Waals surface area contributed by atoms with Crippen LogP contribution in [0.1, 0.15) is 5.56 Å². The van der Waals surface area contributed by atoms with Crippen LogP contribution in [-0.2, 0) is 15.9 Å². The monoisotopic (exact) mass is 358 g/mol. The van der Waals surface area contributed by atoms with Crippen molar-refractivity contribution >= 4 is 27.3 Å². The third kappa shape index (κ3) is 4.51. The Balaban J connectivity index is 0.00000264. The molecular formula is C15H19ClN2O4S. The molecule has 0 bridgehead atoms. The normalized spacial score (nSPS) is 10.6. The Morgan fingerprint density at radius 3 is 2.22 bits per heavy atom. The number of halogens is 1. The fourth-order valence-corrected chi connectivity index (χ4v) is 3.09. The average molecular weight is 359 g/mol. The Morgan fingerprint density at radius 1 is 1.04 bits per heavy atom. The van der Waals surface area contributed by atoms with Crippen LogP contribution < -0.4 is 20.3 Å². The zero-order valence-electron chi connectivity index (χ0n) is 12.9. The summed E-state index contributed by atoms with van der Waals surface area (Å²) in [5.74, 6) is 1.26. The summed E-state index contributed by atoms with van der Waals surface area (Å²) in [5.41, 5.74) is 1.16. The minimum Gasteiger partial charge on any atom is -0.497 e. The number of rotatable bonds is 6. The van der Waals surface area contributed by atoms with E-state index in [1.807, 2.05) is 0 Å². The molecule has 23 heavy (non-hydrogen) atoms. The van der Waals surface area contributed by atoms with Crippen LogP contribution in [0, 0.1) is 0 Å². The average Bonchev–Trinajstić information content (AvgIpc) is 2.54. The number of sulfonamides is 1. The highest BCUT2D eigenvalue weighted by molar-refractivity contribution is 7.92. The third-order valence-corrected chi connectivity index (χ3v) is 4.73. The number of benzene rings is 2. The Morgan fingerprint density at radius 2 is 1.70 bits per heavy atom. The first-order valence-corrected chi connectivity index (χ1v) is 8.41. The number of nitrogens with one attached hydrogen (secondary N) is 1. The van der Waals surface area contributed by atoms with Gasteiger partial charge in [-0.3, -0.25) is 4.72 Å². The third-order valence-electron chi connectivity index (χ3n) is 3.04. The van der Waals surface area contributed by atoms with Gasteiger partial charge in [0.2, 0.25) is 0 Å². The molecule has 0 atom stereocenters. The number of ether oxygens (including phenoxy) is 2. The summed E-state index contributed by atoms with van der Waals surface area (Å²) in [6, 6.07) is 11.2.